The van der Waals surface area contributed by atoms with E-state index in [4.69, 9.17) is 15.0 Å². The SMILES string of the molecule is c1ccc(-c2nc(-c3ccccc3)nc(-c3cc(-c4c(-c5ccccc5)cccc4-c4ccccc4)ccc3-c3cccc4c3sc3c4ccc4c5ccccc5n(-c5ccccc5)c43)n2)cc1. The fourth-order valence-electron chi connectivity index (χ4n) is 9.99. The summed E-state index contributed by atoms with van der Waals surface area (Å²) >= 11 is 1.87. The lowest BCUT2D eigenvalue weighted by atomic mass is 9.85. The van der Waals surface area contributed by atoms with Crippen LogP contribution in [0.5, 0.6) is 0 Å². The maximum atomic E-state index is 5.39. The molecule has 3 aromatic heterocycles. The average Bonchev–Trinajstić information content (AvgIpc) is 3.98. The molecule has 0 radical (unpaired) electrons. The zero-order valence-electron chi connectivity index (χ0n) is 36.8. The fraction of sp³-hybridized carbons (Fsp3) is 0. The van der Waals surface area contributed by atoms with Crippen molar-refractivity contribution in [2.75, 3.05) is 0 Å². The monoisotopic (exact) mass is 884 g/mol. The van der Waals surface area contributed by atoms with E-state index in [9.17, 15) is 0 Å². The summed E-state index contributed by atoms with van der Waals surface area (Å²) in [5, 5.41) is 4.94. The molecule has 0 amide bonds. The van der Waals surface area contributed by atoms with Gasteiger partial charge in [0.15, 0.2) is 17.5 Å². The number of hydrogen-bond donors (Lipinski definition) is 0. The van der Waals surface area contributed by atoms with Crippen molar-refractivity contribution in [1.29, 1.82) is 0 Å². The van der Waals surface area contributed by atoms with Gasteiger partial charge in [-0.3, -0.25) is 0 Å². The van der Waals surface area contributed by atoms with Crippen LogP contribution in [-0.4, -0.2) is 19.5 Å². The van der Waals surface area contributed by atoms with Crippen LogP contribution in [0, 0.1) is 0 Å². The second-order valence-corrected chi connectivity index (χ2v) is 18.1. The molecule has 0 unspecified atom stereocenters. The molecule has 0 spiro atoms. The first kappa shape index (κ1) is 39.6. The molecule has 4 nitrogen and oxygen atoms in total. The number of hydrogen-bond acceptors (Lipinski definition) is 4. The van der Waals surface area contributed by atoms with Crippen LogP contribution in [0.25, 0.3) is 126 Å². The van der Waals surface area contributed by atoms with Crippen LogP contribution in [0.1, 0.15) is 0 Å². The van der Waals surface area contributed by atoms with E-state index < -0.39 is 0 Å². The molecule has 13 aromatic rings. The molecular formula is C63H40N4S. The Labute approximate surface area is 397 Å². The second kappa shape index (κ2) is 16.6. The van der Waals surface area contributed by atoms with Gasteiger partial charge < -0.3 is 4.57 Å². The van der Waals surface area contributed by atoms with Crippen molar-refractivity contribution in [2.45, 2.75) is 0 Å². The van der Waals surface area contributed by atoms with Crippen LogP contribution in [0.3, 0.4) is 0 Å². The summed E-state index contributed by atoms with van der Waals surface area (Å²) in [7, 11) is 0. The summed E-state index contributed by atoms with van der Waals surface area (Å²) in [6.07, 6.45) is 0. The lowest BCUT2D eigenvalue weighted by Gasteiger charge is -2.19. The van der Waals surface area contributed by atoms with Crippen molar-refractivity contribution < 1.29 is 0 Å². The third-order valence-corrected chi connectivity index (χ3v) is 14.3. The maximum absolute atomic E-state index is 5.39. The summed E-state index contributed by atoms with van der Waals surface area (Å²) in [5.74, 6) is 1.85. The van der Waals surface area contributed by atoms with Crippen LogP contribution in [0.2, 0.25) is 0 Å². The number of para-hydroxylation sites is 2. The zero-order chi connectivity index (χ0) is 45.0. The standard InChI is InChI=1S/C63H40N4S/c1-6-20-41(21-7-1)47-31-18-32-48(42-22-8-2-9-23-42)57(47)45-36-37-49(55(40-45)63-65-61(43-24-10-3-11-25-43)64-62(66-63)44-26-12-4-13-27-44)52-33-19-34-53-54-39-38-51-50-30-16-17-35-56(50)67(46-28-14-5-15-29-46)58(51)60(54)68-59(52)53/h1-40H. The van der Waals surface area contributed by atoms with E-state index in [1.54, 1.807) is 0 Å². The van der Waals surface area contributed by atoms with E-state index in [2.05, 4.69) is 211 Å². The maximum Gasteiger partial charge on any atom is 0.164 e. The summed E-state index contributed by atoms with van der Waals surface area (Å²) in [4.78, 5) is 15.9. The highest BCUT2D eigenvalue weighted by Crippen LogP contribution is 2.49. The number of rotatable bonds is 8. The first-order valence-electron chi connectivity index (χ1n) is 22.9. The molecule has 10 aromatic carbocycles. The molecule has 0 bridgehead atoms. The molecule has 0 atom stereocenters. The minimum atomic E-state index is 0.609. The summed E-state index contributed by atoms with van der Waals surface area (Å²) in [5.41, 5.74) is 15.3. The number of nitrogens with zero attached hydrogens (tertiary/aromatic N) is 4. The van der Waals surface area contributed by atoms with Crippen molar-refractivity contribution in [2.24, 2.45) is 0 Å². The van der Waals surface area contributed by atoms with E-state index in [1.165, 1.54) is 42.0 Å². The summed E-state index contributed by atoms with van der Waals surface area (Å²) in [6.45, 7) is 0. The molecule has 0 aliphatic carbocycles. The van der Waals surface area contributed by atoms with Crippen molar-refractivity contribution in [3.63, 3.8) is 0 Å². The van der Waals surface area contributed by atoms with Crippen LogP contribution in [0.4, 0.5) is 0 Å². The summed E-state index contributed by atoms with van der Waals surface area (Å²) < 4.78 is 4.91. The fourth-order valence-corrected chi connectivity index (χ4v) is 11.4. The van der Waals surface area contributed by atoms with Gasteiger partial charge in [0.25, 0.3) is 0 Å². The van der Waals surface area contributed by atoms with E-state index >= 15 is 0 Å². The Morgan fingerprint density at radius 1 is 0.294 bits per heavy atom. The predicted molar refractivity (Wildman–Crippen MR) is 285 cm³/mol. The van der Waals surface area contributed by atoms with Gasteiger partial charge in [-0.05, 0) is 63.2 Å². The minimum absolute atomic E-state index is 0.609. The normalized spacial score (nSPS) is 11.5. The van der Waals surface area contributed by atoms with Gasteiger partial charge in [-0.1, -0.05) is 218 Å². The number of fused-ring (bicyclic) bond motifs is 7. The van der Waals surface area contributed by atoms with Crippen LogP contribution >= 0.6 is 11.3 Å². The molecule has 0 aliphatic rings. The largest absolute Gasteiger partial charge is 0.308 e. The molecule has 13 rings (SSSR count). The van der Waals surface area contributed by atoms with Crippen LogP contribution in [-0.2, 0) is 0 Å². The number of benzene rings is 10. The Kier molecular flexibility index (Phi) is 9.66. The van der Waals surface area contributed by atoms with E-state index in [1.807, 2.05) is 47.7 Å². The highest BCUT2D eigenvalue weighted by atomic mass is 32.1. The van der Waals surface area contributed by atoms with E-state index in [0.717, 1.165) is 66.9 Å². The molecule has 0 saturated heterocycles. The van der Waals surface area contributed by atoms with E-state index in [0.29, 0.717) is 17.5 Å². The predicted octanol–water partition coefficient (Wildman–Crippen LogP) is 17.0. The highest BCUT2D eigenvalue weighted by molar-refractivity contribution is 7.27. The van der Waals surface area contributed by atoms with Crippen molar-refractivity contribution in [3.8, 4) is 84.4 Å². The molecule has 0 fully saturated rings. The molecule has 5 heteroatoms. The Balaban J connectivity index is 1.12. The summed E-state index contributed by atoms with van der Waals surface area (Å²) in [6, 6.07) is 86.3. The first-order chi connectivity index (χ1) is 33.7. The molecule has 0 saturated carbocycles. The van der Waals surface area contributed by atoms with Crippen molar-refractivity contribution in [3.05, 3.63) is 243 Å². The molecule has 0 aliphatic heterocycles. The van der Waals surface area contributed by atoms with Crippen LogP contribution < -0.4 is 0 Å². The van der Waals surface area contributed by atoms with Crippen molar-refractivity contribution in [1.82, 2.24) is 19.5 Å². The first-order valence-corrected chi connectivity index (χ1v) is 23.8. The van der Waals surface area contributed by atoms with Gasteiger partial charge >= 0.3 is 0 Å². The topological polar surface area (TPSA) is 43.6 Å². The lowest BCUT2D eigenvalue weighted by molar-refractivity contribution is 1.07. The van der Waals surface area contributed by atoms with Crippen molar-refractivity contribution >= 4 is 53.3 Å². The van der Waals surface area contributed by atoms with Gasteiger partial charge in [0, 0.05) is 54.2 Å². The van der Waals surface area contributed by atoms with Gasteiger partial charge in [0.05, 0.1) is 15.7 Å². The smallest absolute Gasteiger partial charge is 0.164 e. The molecule has 0 N–H and O–H groups in total. The number of aromatic nitrogens is 4. The average molecular weight is 885 g/mol. The van der Waals surface area contributed by atoms with Gasteiger partial charge in [0.2, 0.25) is 0 Å². The number of thiophene rings is 1. The quantitative estimate of drug-likeness (QED) is 0.153. The Hall–Kier alpha value is -8.77. The Morgan fingerprint density at radius 3 is 1.41 bits per heavy atom. The lowest BCUT2D eigenvalue weighted by Crippen LogP contribution is -2.01. The van der Waals surface area contributed by atoms with Gasteiger partial charge in [0.1, 0.15) is 0 Å². The van der Waals surface area contributed by atoms with Gasteiger partial charge in [-0.15, -0.1) is 11.3 Å². The molecule has 3 heterocycles. The zero-order valence-corrected chi connectivity index (χ0v) is 37.6. The van der Waals surface area contributed by atoms with Crippen LogP contribution in [0.15, 0.2) is 243 Å². The minimum Gasteiger partial charge on any atom is -0.308 e. The Morgan fingerprint density at radius 2 is 0.779 bits per heavy atom. The highest BCUT2D eigenvalue weighted by Gasteiger charge is 2.23. The molecule has 318 valence electrons. The van der Waals surface area contributed by atoms with Gasteiger partial charge in [-0.2, -0.15) is 0 Å². The third-order valence-electron chi connectivity index (χ3n) is 13.1. The molecule has 68 heavy (non-hydrogen) atoms. The van der Waals surface area contributed by atoms with Gasteiger partial charge in [-0.25, -0.2) is 15.0 Å². The molecular weight excluding hydrogens is 845 g/mol. The van der Waals surface area contributed by atoms with E-state index in [-0.39, 0.29) is 0 Å². The third kappa shape index (κ3) is 6.71. The second-order valence-electron chi connectivity index (χ2n) is 17.1. The Bertz CT molecular complexity index is 3880.